The predicted octanol–water partition coefficient (Wildman–Crippen LogP) is 2.18. The number of fused-ring (bicyclic) bond motifs is 1. The molecule has 0 aliphatic carbocycles. The highest BCUT2D eigenvalue weighted by atomic mass is 16.5. The summed E-state index contributed by atoms with van der Waals surface area (Å²) >= 11 is 0. The first-order valence-corrected chi connectivity index (χ1v) is 10.2. The van der Waals surface area contributed by atoms with Gasteiger partial charge in [0.05, 0.1) is 29.7 Å². The van der Waals surface area contributed by atoms with Crippen LogP contribution in [0.4, 0.5) is 0 Å². The maximum atomic E-state index is 12.1. The van der Waals surface area contributed by atoms with E-state index in [1.165, 1.54) is 0 Å². The number of aryl methyl sites for hydroxylation is 1. The summed E-state index contributed by atoms with van der Waals surface area (Å²) < 4.78 is 13.7. The van der Waals surface area contributed by atoms with Gasteiger partial charge in [0.25, 0.3) is 5.91 Å². The van der Waals surface area contributed by atoms with Gasteiger partial charge < -0.3 is 25.1 Å². The monoisotopic (exact) mass is 423 g/mol. The molecule has 1 saturated heterocycles. The summed E-state index contributed by atoms with van der Waals surface area (Å²) in [6.07, 6.45) is 6.29. The van der Waals surface area contributed by atoms with E-state index < -0.39 is 5.91 Å². The maximum Gasteiger partial charge on any atom is 0.252 e. The van der Waals surface area contributed by atoms with Crippen LogP contribution in [0, 0.1) is 0 Å². The van der Waals surface area contributed by atoms with E-state index in [4.69, 9.17) is 15.2 Å². The Hall–Kier alpha value is -3.62. The normalized spacial score (nSPS) is 16.0. The van der Waals surface area contributed by atoms with Crippen LogP contribution in [0.15, 0.2) is 30.9 Å². The van der Waals surface area contributed by atoms with E-state index >= 15 is 0 Å². The number of aromatic nitrogens is 3. The fourth-order valence-electron chi connectivity index (χ4n) is 3.64. The number of primary amides is 1. The average molecular weight is 423 g/mol. The Morgan fingerprint density at radius 1 is 1.32 bits per heavy atom. The maximum absolute atomic E-state index is 12.1. The molecular weight excluding hydrogens is 398 g/mol. The second-order valence-corrected chi connectivity index (χ2v) is 7.94. The number of nitrogens with zero attached hydrogens (tertiary/aromatic N) is 3. The van der Waals surface area contributed by atoms with Crippen LogP contribution in [0.2, 0.25) is 0 Å². The molecule has 0 saturated carbocycles. The molecule has 2 aromatic heterocycles. The molecule has 162 valence electrons. The zero-order valence-electron chi connectivity index (χ0n) is 17.7. The van der Waals surface area contributed by atoms with Gasteiger partial charge in [0.1, 0.15) is 12.4 Å². The SMILES string of the molecule is CC(C)Oc1cc2c(OCC3CCC(=O)N3)ncc(-c3cn(C)cn3)c2cc1C(N)=O. The highest BCUT2D eigenvalue weighted by Gasteiger charge is 2.23. The summed E-state index contributed by atoms with van der Waals surface area (Å²) in [5.41, 5.74) is 7.37. The largest absolute Gasteiger partial charge is 0.490 e. The first-order chi connectivity index (χ1) is 14.8. The summed E-state index contributed by atoms with van der Waals surface area (Å²) in [7, 11) is 1.88. The molecule has 1 aromatic carbocycles. The number of hydrogen-bond donors (Lipinski definition) is 2. The van der Waals surface area contributed by atoms with Crippen molar-refractivity contribution < 1.29 is 19.1 Å². The number of nitrogens with one attached hydrogen (secondary N) is 1. The molecular formula is C22H25N5O4. The lowest BCUT2D eigenvalue weighted by Gasteiger charge is -2.17. The van der Waals surface area contributed by atoms with Crippen molar-refractivity contribution in [1.82, 2.24) is 19.9 Å². The van der Waals surface area contributed by atoms with E-state index in [2.05, 4.69) is 15.3 Å². The van der Waals surface area contributed by atoms with Gasteiger partial charge in [0, 0.05) is 36.8 Å². The van der Waals surface area contributed by atoms with Gasteiger partial charge in [-0.15, -0.1) is 0 Å². The third-order valence-corrected chi connectivity index (χ3v) is 5.07. The number of carbonyl (C=O) groups is 2. The minimum Gasteiger partial charge on any atom is -0.490 e. The Kier molecular flexibility index (Phi) is 5.50. The van der Waals surface area contributed by atoms with E-state index in [-0.39, 0.29) is 23.6 Å². The summed E-state index contributed by atoms with van der Waals surface area (Å²) in [6.45, 7) is 4.05. The second-order valence-electron chi connectivity index (χ2n) is 7.94. The van der Waals surface area contributed by atoms with Crippen LogP contribution in [-0.2, 0) is 11.8 Å². The van der Waals surface area contributed by atoms with Crippen LogP contribution in [-0.4, -0.2) is 45.1 Å². The number of ether oxygens (including phenoxy) is 2. The lowest BCUT2D eigenvalue weighted by atomic mass is 10.0. The standard InChI is InChI=1S/C22H25N5O4/c1-12(2)31-19-7-15-14(6-16(19)21(23)29)17(18-9-27(3)11-25-18)8-24-22(15)30-10-13-4-5-20(28)26-13/h6-9,11-13H,4-5,10H2,1-3H3,(H2,23,29)(H,26,28). The topological polar surface area (TPSA) is 121 Å². The number of benzene rings is 1. The van der Waals surface area contributed by atoms with E-state index in [1.807, 2.05) is 31.7 Å². The molecule has 3 aromatic rings. The van der Waals surface area contributed by atoms with Crippen molar-refractivity contribution in [1.29, 1.82) is 0 Å². The van der Waals surface area contributed by atoms with Crippen molar-refractivity contribution in [2.75, 3.05) is 6.61 Å². The van der Waals surface area contributed by atoms with Gasteiger partial charge in [0.2, 0.25) is 11.8 Å². The minimum absolute atomic E-state index is 0.0237. The summed E-state index contributed by atoms with van der Waals surface area (Å²) in [5, 5.41) is 4.28. The molecule has 9 heteroatoms. The van der Waals surface area contributed by atoms with E-state index in [9.17, 15) is 9.59 Å². The molecule has 4 rings (SSSR count). The summed E-state index contributed by atoms with van der Waals surface area (Å²) in [6, 6.07) is 3.37. The Balaban J connectivity index is 1.83. The van der Waals surface area contributed by atoms with Gasteiger partial charge in [-0.1, -0.05) is 0 Å². The minimum atomic E-state index is -0.586. The summed E-state index contributed by atoms with van der Waals surface area (Å²) in [5.74, 6) is 0.197. The van der Waals surface area contributed by atoms with E-state index in [0.717, 1.165) is 17.4 Å². The first kappa shape index (κ1) is 20.6. The highest BCUT2D eigenvalue weighted by Crippen LogP contribution is 2.37. The molecule has 3 N–H and O–H groups in total. The Bertz CT molecular complexity index is 1150. The number of hydrogen-bond acceptors (Lipinski definition) is 6. The molecule has 0 spiro atoms. The van der Waals surface area contributed by atoms with Gasteiger partial charge in [-0.3, -0.25) is 9.59 Å². The zero-order chi connectivity index (χ0) is 22.1. The van der Waals surface area contributed by atoms with E-state index in [1.54, 1.807) is 24.7 Å². The van der Waals surface area contributed by atoms with Gasteiger partial charge in [-0.25, -0.2) is 9.97 Å². The number of carbonyl (C=O) groups excluding carboxylic acids is 2. The molecule has 3 heterocycles. The van der Waals surface area contributed by atoms with Gasteiger partial charge in [0.15, 0.2) is 0 Å². The van der Waals surface area contributed by atoms with Crippen LogP contribution in [0.25, 0.3) is 22.0 Å². The van der Waals surface area contributed by atoms with Crippen molar-refractivity contribution >= 4 is 22.6 Å². The quantitative estimate of drug-likeness (QED) is 0.601. The molecule has 31 heavy (non-hydrogen) atoms. The number of pyridine rings is 1. The zero-order valence-corrected chi connectivity index (χ0v) is 17.7. The fraction of sp³-hybridized carbons (Fsp3) is 0.364. The fourth-order valence-corrected chi connectivity index (χ4v) is 3.64. The third kappa shape index (κ3) is 4.30. The lowest BCUT2D eigenvalue weighted by Crippen LogP contribution is -2.31. The van der Waals surface area contributed by atoms with Crippen LogP contribution < -0.4 is 20.5 Å². The van der Waals surface area contributed by atoms with Gasteiger partial charge >= 0.3 is 0 Å². The number of rotatable bonds is 7. The van der Waals surface area contributed by atoms with Crippen molar-refractivity contribution in [3.63, 3.8) is 0 Å². The molecule has 1 aliphatic rings. The van der Waals surface area contributed by atoms with Crippen molar-refractivity contribution in [2.45, 2.75) is 38.8 Å². The molecule has 0 radical (unpaired) electrons. The molecule has 9 nitrogen and oxygen atoms in total. The van der Waals surface area contributed by atoms with Gasteiger partial charge in [-0.2, -0.15) is 0 Å². The van der Waals surface area contributed by atoms with Crippen LogP contribution in [0.5, 0.6) is 11.6 Å². The Morgan fingerprint density at radius 2 is 2.13 bits per heavy atom. The summed E-state index contributed by atoms with van der Waals surface area (Å²) in [4.78, 5) is 32.6. The van der Waals surface area contributed by atoms with Crippen molar-refractivity contribution in [2.24, 2.45) is 12.8 Å². The molecule has 1 fully saturated rings. The van der Waals surface area contributed by atoms with Crippen LogP contribution >= 0.6 is 0 Å². The van der Waals surface area contributed by atoms with E-state index in [0.29, 0.717) is 35.7 Å². The molecule has 2 amide bonds. The number of nitrogens with two attached hydrogens (primary N) is 1. The number of imidazole rings is 1. The highest BCUT2D eigenvalue weighted by molar-refractivity contribution is 6.06. The molecule has 1 atom stereocenters. The third-order valence-electron chi connectivity index (χ3n) is 5.07. The van der Waals surface area contributed by atoms with Crippen molar-refractivity contribution in [3.05, 3.63) is 36.4 Å². The lowest BCUT2D eigenvalue weighted by molar-refractivity contribution is -0.119. The predicted molar refractivity (Wildman–Crippen MR) is 115 cm³/mol. The van der Waals surface area contributed by atoms with Gasteiger partial charge in [-0.05, 0) is 37.8 Å². The van der Waals surface area contributed by atoms with Crippen molar-refractivity contribution in [3.8, 4) is 22.9 Å². The Labute approximate surface area is 179 Å². The smallest absolute Gasteiger partial charge is 0.252 e. The average Bonchev–Trinajstić information content (AvgIpc) is 3.33. The Morgan fingerprint density at radius 3 is 2.74 bits per heavy atom. The first-order valence-electron chi connectivity index (χ1n) is 10.2. The van der Waals surface area contributed by atoms with Crippen LogP contribution in [0.3, 0.4) is 0 Å². The van der Waals surface area contributed by atoms with Crippen LogP contribution in [0.1, 0.15) is 37.0 Å². The molecule has 1 aliphatic heterocycles. The molecule has 0 bridgehead atoms. The second kappa shape index (κ2) is 8.25. The number of amides is 2. The molecule has 1 unspecified atom stereocenters.